The zero-order valence-corrected chi connectivity index (χ0v) is 16.4. The summed E-state index contributed by atoms with van der Waals surface area (Å²) in [6, 6.07) is 9.17. The average molecular weight is 385 g/mol. The van der Waals surface area contributed by atoms with Crippen LogP contribution in [0.15, 0.2) is 30.3 Å². The summed E-state index contributed by atoms with van der Waals surface area (Å²) in [6.07, 6.45) is 2.99. The first-order chi connectivity index (χ1) is 13.6. The quantitative estimate of drug-likeness (QED) is 0.854. The van der Waals surface area contributed by atoms with E-state index in [1.165, 1.54) is 12.1 Å². The first-order valence-electron chi connectivity index (χ1n) is 10.00. The normalized spacial score (nSPS) is 22.7. The molecule has 1 aliphatic carbocycles. The molecule has 150 valence electrons. The molecule has 1 aromatic carbocycles. The third kappa shape index (κ3) is 4.25. The summed E-state index contributed by atoms with van der Waals surface area (Å²) in [5.41, 5.74) is 8.12. The van der Waals surface area contributed by atoms with Crippen LogP contribution in [0.25, 0.3) is 0 Å². The second kappa shape index (κ2) is 8.41. The van der Waals surface area contributed by atoms with Crippen LogP contribution in [-0.4, -0.2) is 49.3 Å². The van der Waals surface area contributed by atoms with Gasteiger partial charge in [-0.15, -0.1) is 0 Å². The van der Waals surface area contributed by atoms with E-state index < -0.39 is 0 Å². The van der Waals surface area contributed by atoms with E-state index in [9.17, 15) is 4.39 Å². The lowest BCUT2D eigenvalue weighted by Gasteiger charge is -2.33. The zero-order valence-electron chi connectivity index (χ0n) is 16.4. The van der Waals surface area contributed by atoms with E-state index in [1.54, 1.807) is 7.11 Å². The smallest absolute Gasteiger partial charge is 0.156 e. The van der Waals surface area contributed by atoms with Crippen molar-refractivity contribution in [2.45, 2.75) is 37.8 Å². The van der Waals surface area contributed by atoms with Crippen molar-refractivity contribution in [3.63, 3.8) is 0 Å². The largest absolute Gasteiger partial charge is 0.377 e. The molecule has 0 radical (unpaired) electrons. The number of nitrogens with two attached hydrogens (primary N) is 1. The lowest BCUT2D eigenvalue weighted by molar-refractivity contribution is 0.177. The molecule has 0 unspecified atom stereocenters. The number of nitrogens with zero attached hydrogens (tertiary/aromatic N) is 4. The van der Waals surface area contributed by atoms with E-state index in [2.05, 4.69) is 15.9 Å². The van der Waals surface area contributed by atoms with Crippen molar-refractivity contribution in [2.75, 3.05) is 43.1 Å². The van der Waals surface area contributed by atoms with Crippen LogP contribution in [-0.2, 0) is 11.3 Å². The van der Waals surface area contributed by atoms with Crippen LogP contribution < -0.4 is 15.5 Å². The molecule has 1 aromatic heterocycles. The Labute approximate surface area is 165 Å². The molecule has 7 heteroatoms. The number of ether oxygens (including phenoxy) is 1. The summed E-state index contributed by atoms with van der Waals surface area (Å²) in [5.74, 6) is 1.93. The predicted molar refractivity (Wildman–Crippen MR) is 108 cm³/mol. The van der Waals surface area contributed by atoms with Crippen LogP contribution in [0.5, 0.6) is 0 Å². The van der Waals surface area contributed by atoms with Crippen molar-refractivity contribution in [3.05, 3.63) is 47.7 Å². The van der Waals surface area contributed by atoms with E-state index in [0.29, 0.717) is 12.5 Å². The summed E-state index contributed by atoms with van der Waals surface area (Å²) in [4.78, 5) is 14.1. The van der Waals surface area contributed by atoms with Crippen LogP contribution in [0.3, 0.4) is 0 Å². The van der Waals surface area contributed by atoms with Gasteiger partial charge < -0.3 is 20.3 Å². The van der Waals surface area contributed by atoms with Crippen LogP contribution in [0, 0.1) is 5.82 Å². The van der Waals surface area contributed by atoms with E-state index in [-0.39, 0.29) is 11.9 Å². The van der Waals surface area contributed by atoms with Gasteiger partial charge in [-0.1, -0.05) is 0 Å². The zero-order chi connectivity index (χ0) is 19.5. The molecule has 4 rings (SSSR count). The number of methoxy groups -OCH3 is 1. The van der Waals surface area contributed by atoms with Gasteiger partial charge in [-0.2, -0.15) is 0 Å². The van der Waals surface area contributed by atoms with Crippen LogP contribution in [0.1, 0.15) is 36.7 Å². The molecule has 2 aromatic rings. The molecule has 1 saturated heterocycles. The summed E-state index contributed by atoms with van der Waals surface area (Å²) in [7, 11) is 1.67. The molecule has 6 nitrogen and oxygen atoms in total. The van der Waals surface area contributed by atoms with Gasteiger partial charge in [-0.25, -0.2) is 14.4 Å². The van der Waals surface area contributed by atoms with Gasteiger partial charge in [0.15, 0.2) is 5.82 Å². The summed E-state index contributed by atoms with van der Waals surface area (Å²) in [6.45, 7) is 4.03. The van der Waals surface area contributed by atoms with E-state index >= 15 is 0 Å². The number of hydrogen-bond acceptors (Lipinski definition) is 6. The first kappa shape index (κ1) is 19.1. The fraction of sp³-hybridized carbons (Fsp3) is 0.524. The van der Waals surface area contributed by atoms with Crippen LogP contribution in [0.2, 0.25) is 0 Å². The average Bonchev–Trinajstić information content (AvgIpc) is 2.92. The molecule has 2 heterocycles. The van der Waals surface area contributed by atoms with Crippen LogP contribution >= 0.6 is 0 Å². The number of halogens is 1. The Balaban J connectivity index is 1.50. The van der Waals surface area contributed by atoms with Crippen molar-refractivity contribution in [1.82, 2.24) is 9.97 Å². The van der Waals surface area contributed by atoms with Crippen molar-refractivity contribution in [1.29, 1.82) is 0 Å². The van der Waals surface area contributed by atoms with Crippen molar-refractivity contribution in [3.8, 4) is 0 Å². The maximum absolute atomic E-state index is 13.2. The summed E-state index contributed by atoms with van der Waals surface area (Å²) in [5, 5.41) is 0. The molecule has 0 bridgehead atoms. The van der Waals surface area contributed by atoms with E-state index in [1.807, 2.05) is 12.1 Å². The molecule has 2 aliphatic rings. The molecule has 2 fully saturated rings. The Morgan fingerprint density at radius 3 is 2.50 bits per heavy atom. The highest BCUT2D eigenvalue weighted by Crippen LogP contribution is 2.35. The molecule has 0 atom stereocenters. The topological polar surface area (TPSA) is 67.5 Å². The van der Waals surface area contributed by atoms with Crippen molar-refractivity contribution >= 4 is 11.5 Å². The molecule has 28 heavy (non-hydrogen) atoms. The predicted octanol–water partition coefficient (Wildman–Crippen LogP) is 2.68. The van der Waals surface area contributed by atoms with Gasteiger partial charge in [0.25, 0.3) is 0 Å². The minimum atomic E-state index is -0.199. The third-order valence-corrected chi connectivity index (χ3v) is 5.66. The number of anilines is 2. The highest BCUT2D eigenvalue weighted by Gasteiger charge is 2.30. The van der Waals surface area contributed by atoms with Gasteiger partial charge in [-0.3, -0.25) is 0 Å². The highest BCUT2D eigenvalue weighted by molar-refractivity contribution is 5.48. The van der Waals surface area contributed by atoms with Crippen molar-refractivity contribution in [2.24, 2.45) is 5.73 Å². The van der Waals surface area contributed by atoms with Crippen molar-refractivity contribution < 1.29 is 9.13 Å². The Morgan fingerprint density at radius 2 is 1.79 bits per heavy atom. The van der Waals surface area contributed by atoms with Gasteiger partial charge in [0.05, 0.1) is 0 Å². The monoisotopic (exact) mass is 385 g/mol. The molecule has 1 aliphatic heterocycles. The lowest BCUT2D eigenvalue weighted by atomic mass is 9.78. The number of rotatable bonds is 5. The Hall–Kier alpha value is -2.25. The Kier molecular flexibility index (Phi) is 5.73. The molecule has 0 spiro atoms. The van der Waals surface area contributed by atoms with Gasteiger partial charge in [-0.05, 0) is 43.5 Å². The van der Waals surface area contributed by atoms with Gasteiger partial charge in [0, 0.05) is 62.7 Å². The lowest BCUT2D eigenvalue weighted by Crippen LogP contribution is -2.36. The number of hydrogen-bond donors (Lipinski definition) is 1. The Morgan fingerprint density at radius 1 is 1.07 bits per heavy atom. The fourth-order valence-corrected chi connectivity index (χ4v) is 4.03. The third-order valence-electron chi connectivity index (χ3n) is 5.66. The minimum absolute atomic E-state index is 0.199. The van der Waals surface area contributed by atoms with Crippen LogP contribution in [0.4, 0.5) is 15.9 Å². The molecule has 2 N–H and O–H groups in total. The standard InChI is InChI=1S/C21H28FN5O/c1-28-14-20-24-19(15-11-17(23)12-15)13-21(25-20)27-8-2-7-26(9-10-27)18-5-3-16(22)4-6-18/h3-6,13,15,17H,2,7-12,14,23H2,1H3. The fourth-order valence-electron chi connectivity index (χ4n) is 4.03. The maximum Gasteiger partial charge on any atom is 0.156 e. The number of benzene rings is 1. The summed E-state index contributed by atoms with van der Waals surface area (Å²) < 4.78 is 18.5. The molecular formula is C21H28FN5O. The van der Waals surface area contributed by atoms with Gasteiger partial charge in [0.2, 0.25) is 0 Å². The first-order valence-corrected chi connectivity index (χ1v) is 10.00. The Bertz CT molecular complexity index is 794. The molecular weight excluding hydrogens is 357 g/mol. The van der Waals surface area contributed by atoms with Gasteiger partial charge >= 0.3 is 0 Å². The van der Waals surface area contributed by atoms with E-state index in [0.717, 1.165) is 68.5 Å². The summed E-state index contributed by atoms with van der Waals surface area (Å²) >= 11 is 0. The maximum atomic E-state index is 13.2. The molecule has 1 saturated carbocycles. The molecule has 0 amide bonds. The second-order valence-electron chi connectivity index (χ2n) is 7.73. The SMILES string of the molecule is COCc1nc(C2CC(N)C2)cc(N2CCCN(c3ccc(F)cc3)CC2)n1. The van der Waals surface area contributed by atoms with E-state index in [4.69, 9.17) is 20.4 Å². The van der Waals surface area contributed by atoms with Gasteiger partial charge in [0.1, 0.15) is 18.2 Å². The second-order valence-corrected chi connectivity index (χ2v) is 7.73. The minimum Gasteiger partial charge on any atom is -0.377 e. The number of aromatic nitrogens is 2. The highest BCUT2D eigenvalue weighted by atomic mass is 19.1.